The Labute approximate surface area is 157 Å². The number of hydrogen-bond donors (Lipinski definition) is 1. The Morgan fingerprint density at radius 1 is 1.21 bits per heavy atom. The molecule has 2 heterocycles. The Hall–Kier alpha value is -3.30. The lowest BCUT2D eigenvalue weighted by Gasteiger charge is -2.16. The van der Waals surface area contributed by atoms with Crippen LogP contribution in [0.25, 0.3) is 16.9 Å². The number of H-pyrrole nitrogens is 1. The molecule has 0 unspecified atom stereocenters. The van der Waals surface area contributed by atoms with Gasteiger partial charge in [-0.15, -0.1) is 0 Å². The van der Waals surface area contributed by atoms with Gasteiger partial charge in [0, 0.05) is 17.8 Å². The van der Waals surface area contributed by atoms with Crippen LogP contribution >= 0.6 is 0 Å². The van der Waals surface area contributed by atoms with Crippen molar-refractivity contribution in [2.75, 3.05) is 6.61 Å². The van der Waals surface area contributed by atoms with Crippen LogP contribution in [0, 0.1) is 0 Å². The highest BCUT2D eigenvalue weighted by Crippen LogP contribution is 2.23. The van der Waals surface area contributed by atoms with Gasteiger partial charge in [-0.2, -0.15) is 23.3 Å². The molecule has 0 aliphatic heterocycles. The summed E-state index contributed by atoms with van der Waals surface area (Å²) in [5.74, 6) is 0.0310. The molecule has 2 aromatic heterocycles. The highest BCUT2D eigenvalue weighted by molar-refractivity contribution is 5.57. The molecule has 1 N–H and O–H groups in total. The van der Waals surface area contributed by atoms with Crippen molar-refractivity contribution in [3.8, 4) is 28.7 Å². The lowest BCUT2D eigenvalue weighted by atomic mass is 10.2. The van der Waals surface area contributed by atoms with Crippen LogP contribution in [0.1, 0.15) is 13.8 Å². The quantitative estimate of drug-likeness (QED) is 0.693. The maximum atomic E-state index is 12.7. The van der Waals surface area contributed by atoms with Gasteiger partial charge in [-0.05, 0) is 38.1 Å². The van der Waals surface area contributed by atoms with Crippen LogP contribution in [0.3, 0.4) is 0 Å². The third-order valence-corrected chi connectivity index (χ3v) is 3.52. The molecule has 0 aliphatic rings. The van der Waals surface area contributed by atoms with E-state index in [1.807, 2.05) is 0 Å². The van der Waals surface area contributed by atoms with Crippen molar-refractivity contribution in [3.63, 3.8) is 0 Å². The molecule has 0 fully saturated rings. The number of halogens is 3. The lowest BCUT2D eigenvalue weighted by Crippen LogP contribution is -2.23. The van der Waals surface area contributed by atoms with E-state index in [1.165, 1.54) is 41.1 Å². The highest BCUT2D eigenvalue weighted by atomic mass is 19.4. The maximum absolute atomic E-state index is 12.7. The van der Waals surface area contributed by atoms with Gasteiger partial charge in [0.15, 0.2) is 6.61 Å². The van der Waals surface area contributed by atoms with Crippen molar-refractivity contribution in [2.45, 2.75) is 26.1 Å². The van der Waals surface area contributed by atoms with Crippen LogP contribution < -0.4 is 15.0 Å². The van der Waals surface area contributed by atoms with Gasteiger partial charge in [-0.3, -0.25) is 9.89 Å². The molecule has 148 valence electrons. The molecule has 10 heteroatoms. The summed E-state index contributed by atoms with van der Waals surface area (Å²) in [6, 6.07) is 6.99. The first-order valence-corrected chi connectivity index (χ1v) is 8.33. The molecular formula is C18H17F3N4O3. The number of aromatic nitrogens is 4. The van der Waals surface area contributed by atoms with E-state index < -0.39 is 18.3 Å². The summed E-state index contributed by atoms with van der Waals surface area (Å²) in [6.45, 7) is 2.18. The molecule has 3 rings (SSSR count). The monoisotopic (exact) mass is 394 g/mol. The van der Waals surface area contributed by atoms with E-state index in [2.05, 4.69) is 19.9 Å². The Kier molecular flexibility index (Phi) is 5.39. The van der Waals surface area contributed by atoms with E-state index in [0.29, 0.717) is 16.9 Å². The van der Waals surface area contributed by atoms with Crippen molar-refractivity contribution in [3.05, 3.63) is 53.1 Å². The molecular weight excluding hydrogens is 377 g/mol. The van der Waals surface area contributed by atoms with Gasteiger partial charge in [0.2, 0.25) is 0 Å². The predicted molar refractivity (Wildman–Crippen MR) is 94.7 cm³/mol. The van der Waals surface area contributed by atoms with Crippen LogP contribution in [0.4, 0.5) is 13.2 Å². The zero-order valence-corrected chi connectivity index (χ0v) is 15.0. The van der Waals surface area contributed by atoms with Crippen LogP contribution in [0.2, 0.25) is 0 Å². The first kappa shape index (κ1) is 19.5. The predicted octanol–water partition coefficient (Wildman–Crippen LogP) is 3.35. The zero-order valence-electron chi connectivity index (χ0n) is 15.0. The summed E-state index contributed by atoms with van der Waals surface area (Å²) in [5, 5.41) is 6.48. The first-order chi connectivity index (χ1) is 13.2. The summed E-state index contributed by atoms with van der Waals surface area (Å²) >= 11 is 0. The summed E-state index contributed by atoms with van der Waals surface area (Å²) in [6.07, 6.45) is -1.57. The zero-order chi connectivity index (χ0) is 20.3. The summed E-state index contributed by atoms with van der Waals surface area (Å²) < 4.78 is 48.4. The minimum atomic E-state index is -4.43. The molecule has 0 radical (unpaired) electrons. The normalized spacial score (nSPS) is 11.6. The van der Waals surface area contributed by atoms with Crippen molar-refractivity contribution in [1.82, 2.24) is 19.7 Å². The van der Waals surface area contributed by atoms with E-state index in [4.69, 9.17) is 4.74 Å². The molecule has 1 aromatic carbocycles. The third kappa shape index (κ3) is 4.70. The smallest absolute Gasteiger partial charge is 0.422 e. The van der Waals surface area contributed by atoms with Crippen molar-refractivity contribution in [1.29, 1.82) is 0 Å². The number of alkyl halides is 3. The fraction of sp³-hybridized carbons (Fsp3) is 0.278. The number of nitrogens with zero attached hydrogens (tertiary/aromatic N) is 3. The van der Waals surface area contributed by atoms with Gasteiger partial charge >= 0.3 is 12.2 Å². The average molecular weight is 394 g/mol. The first-order valence-electron chi connectivity index (χ1n) is 8.33. The molecule has 0 saturated heterocycles. The maximum Gasteiger partial charge on any atom is 0.422 e. The van der Waals surface area contributed by atoms with Crippen molar-refractivity contribution >= 4 is 0 Å². The van der Waals surface area contributed by atoms with Gasteiger partial charge in [0.1, 0.15) is 5.75 Å². The summed E-state index contributed by atoms with van der Waals surface area (Å²) in [4.78, 5) is 17.1. The molecule has 3 aromatic rings. The molecule has 0 atom stereocenters. The molecule has 0 saturated carbocycles. The fourth-order valence-electron chi connectivity index (χ4n) is 2.38. The van der Waals surface area contributed by atoms with Gasteiger partial charge in [0.25, 0.3) is 5.56 Å². The number of ether oxygens (including phenoxy) is 2. The fourth-order valence-corrected chi connectivity index (χ4v) is 2.38. The van der Waals surface area contributed by atoms with E-state index in [1.54, 1.807) is 20.0 Å². The van der Waals surface area contributed by atoms with Gasteiger partial charge in [-0.1, -0.05) is 0 Å². The van der Waals surface area contributed by atoms with E-state index in [0.717, 1.165) is 0 Å². The van der Waals surface area contributed by atoms with Gasteiger partial charge in [-0.25, -0.2) is 4.57 Å². The molecule has 0 amide bonds. The Balaban J connectivity index is 1.97. The van der Waals surface area contributed by atoms with E-state index in [-0.39, 0.29) is 17.9 Å². The molecule has 0 bridgehead atoms. The van der Waals surface area contributed by atoms with E-state index in [9.17, 15) is 18.0 Å². The molecule has 7 nitrogen and oxygen atoms in total. The van der Waals surface area contributed by atoms with Crippen LogP contribution in [0.5, 0.6) is 11.8 Å². The minimum Gasteiger partial charge on any atom is -0.484 e. The lowest BCUT2D eigenvalue weighted by molar-refractivity contribution is -0.153. The van der Waals surface area contributed by atoms with Crippen LogP contribution in [-0.2, 0) is 0 Å². The number of aromatic amines is 1. The minimum absolute atomic E-state index is 0.0310. The largest absolute Gasteiger partial charge is 0.484 e. The second-order valence-electron chi connectivity index (χ2n) is 6.15. The molecule has 28 heavy (non-hydrogen) atoms. The summed E-state index contributed by atoms with van der Waals surface area (Å²) in [7, 11) is 0. The number of benzene rings is 1. The Bertz CT molecular complexity index is 981. The van der Waals surface area contributed by atoms with Crippen LogP contribution in [-0.4, -0.2) is 38.6 Å². The number of rotatable bonds is 6. The topological polar surface area (TPSA) is 82.0 Å². The standard InChI is InChI=1S/C18H17F3N4O3/c1-11(2)28-17-24-15(12-8-22-23-9-12)7-16(26)25(17)13-3-5-14(6-4-13)27-10-18(19,20)21/h3-9,11H,10H2,1-2H3,(H,22,23). The second-order valence-corrected chi connectivity index (χ2v) is 6.15. The van der Waals surface area contributed by atoms with Crippen molar-refractivity contribution in [2.24, 2.45) is 0 Å². The summed E-state index contributed by atoms with van der Waals surface area (Å²) in [5.41, 5.74) is 0.974. The van der Waals surface area contributed by atoms with E-state index >= 15 is 0 Å². The Morgan fingerprint density at radius 2 is 1.93 bits per heavy atom. The van der Waals surface area contributed by atoms with Gasteiger partial charge in [0.05, 0.1) is 23.7 Å². The molecule has 0 aliphatic carbocycles. The Morgan fingerprint density at radius 3 is 2.50 bits per heavy atom. The second kappa shape index (κ2) is 7.75. The highest BCUT2D eigenvalue weighted by Gasteiger charge is 2.28. The van der Waals surface area contributed by atoms with Crippen molar-refractivity contribution < 1.29 is 22.6 Å². The molecule has 0 spiro atoms. The van der Waals surface area contributed by atoms with Crippen LogP contribution in [0.15, 0.2) is 47.5 Å². The number of nitrogens with one attached hydrogen (secondary N) is 1. The number of hydrogen-bond acceptors (Lipinski definition) is 5. The third-order valence-electron chi connectivity index (χ3n) is 3.52. The SMILES string of the molecule is CC(C)Oc1nc(-c2cn[nH]c2)cc(=O)n1-c1ccc(OCC(F)(F)F)cc1. The average Bonchev–Trinajstić information content (AvgIpc) is 3.14. The van der Waals surface area contributed by atoms with Gasteiger partial charge < -0.3 is 9.47 Å².